The lowest BCUT2D eigenvalue weighted by molar-refractivity contribution is -0.0325. The second-order valence-corrected chi connectivity index (χ2v) is 59.1. The van der Waals surface area contributed by atoms with E-state index in [1.165, 1.54) is 116 Å². The number of rotatable bonds is 15. The molecule has 0 radical (unpaired) electrons. The molecular formula is C120H213N. The molecule has 16 atom stereocenters. The summed E-state index contributed by atoms with van der Waals surface area (Å²) < 4.78 is 0. The lowest BCUT2D eigenvalue weighted by Gasteiger charge is -2.54. The molecule has 1 heteroatoms. The molecule has 0 aromatic carbocycles. The summed E-state index contributed by atoms with van der Waals surface area (Å²) in [5, 5.41) is 4.67. The average molecular weight is 1670 g/mol. The van der Waals surface area contributed by atoms with Crippen LogP contribution in [-0.4, -0.2) is 13.1 Å². The maximum Gasteiger partial charge on any atom is -0.00176 e. The first kappa shape index (κ1) is 95.6. The predicted octanol–water partition coefficient (Wildman–Crippen LogP) is 35.8. The van der Waals surface area contributed by atoms with Crippen LogP contribution in [0.15, 0.2) is 0 Å². The number of piperidine rings is 1. The van der Waals surface area contributed by atoms with E-state index >= 15 is 0 Å². The van der Waals surface area contributed by atoms with E-state index in [0.717, 1.165) is 219 Å². The Morgan fingerprint density at radius 3 is 0.372 bits per heavy atom. The zero-order valence-electron chi connectivity index (χ0n) is 85.8. The fraction of sp³-hybridized carbons (Fsp3) is 1.00. The van der Waals surface area contributed by atoms with Gasteiger partial charge >= 0.3 is 0 Å². The van der Waals surface area contributed by atoms with Crippen LogP contribution < -0.4 is 5.32 Å². The van der Waals surface area contributed by atoms with E-state index < -0.39 is 0 Å². The Bertz CT molecular complexity index is 2830. The summed E-state index contributed by atoms with van der Waals surface area (Å²) >= 11 is 0. The fourth-order valence-corrected chi connectivity index (χ4v) is 36.9. The minimum Gasteiger partial charge on any atom is -0.316 e. The topological polar surface area (TPSA) is 12.0 Å². The van der Waals surface area contributed by atoms with Gasteiger partial charge in [0.15, 0.2) is 0 Å². The summed E-state index contributed by atoms with van der Waals surface area (Å²) in [7, 11) is 0. The molecule has 0 spiro atoms. The Kier molecular flexibility index (Phi) is 31.3. The van der Waals surface area contributed by atoms with Gasteiger partial charge in [-0.3, -0.25) is 0 Å². The van der Waals surface area contributed by atoms with Gasteiger partial charge in [-0.15, -0.1) is 0 Å². The summed E-state index contributed by atoms with van der Waals surface area (Å²) in [6.45, 7) is 62.5. The molecule has 0 aromatic rings. The molecule has 14 saturated carbocycles. The van der Waals surface area contributed by atoms with Gasteiger partial charge in [0.1, 0.15) is 0 Å². The van der Waals surface area contributed by atoms with Crippen LogP contribution in [0.4, 0.5) is 0 Å². The van der Waals surface area contributed by atoms with Crippen LogP contribution in [0.1, 0.15) is 487 Å². The first-order valence-electron chi connectivity index (χ1n) is 56.8. The summed E-state index contributed by atoms with van der Waals surface area (Å²) in [5.74, 6) is 35.7. The van der Waals surface area contributed by atoms with Crippen LogP contribution in [0.25, 0.3) is 0 Å². The van der Waals surface area contributed by atoms with Crippen LogP contribution >= 0.6 is 0 Å². The average Bonchev–Trinajstić information content (AvgIpc) is 0.773. The SMILES string of the molecule is CC(C)C1CCC(C2CC(C3CCC(C(C)(C)C)CC3)CC(C3CC(C4CNCC(C5CC(C6CC(C7CCC(C(C)(C)C)CC7)CC(C7CCC(C(C)(C)C)CC7)C6)CC(C6CC(C7CCC(C(C)(C)C)CC7)CC(C7CCC(C(C)(C)C)CC7)C6)C5)C4)CC(C4CC(C5CCC(C(C)(C)C)CC5)CC(C5CCC(C(C)(C)C)CC5)C4)C3)C2)CC1. The second kappa shape index (κ2) is 39.6. The van der Waals surface area contributed by atoms with Crippen molar-refractivity contribution in [1.82, 2.24) is 5.32 Å². The molecule has 15 aliphatic rings. The highest BCUT2D eigenvalue weighted by atomic mass is 14.9. The zero-order valence-corrected chi connectivity index (χ0v) is 85.8. The van der Waals surface area contributed by atoms with Gasteiger partial charge in [0.05, 0.1) is 0 Å². The van der Waals surface area contributed by atoms with Crippen molar-refractivity contribution in [2.45, 2.75) is 487 Å². The molecule has 1 nitrogen and oxygen atoms in total. The molecule has 121 heavy (non-hydrogen) atoms. The third-order valence-corrected chi connectivity index (χ3v) is 45.4. The largest absolute Gasteiger partial charge is 0.316 e. The Morgan fingerprint density at radius 1 is 0.140 bits per heavy atom. The first-order valence-corrected chi connectivity index (χ1v) is 56.8. The predicted molar refractivity (Wildman–Crippen MR) is 525 cm³/mol. The van der Waals surface area contributed by atoms with Crippen molar-refractivity contribution in [3.8, 4) is 0 Å². The van der Waals surface area contributed by atoms with Crippen molar-refractivity contribution in [2.24, 2.45) is 257 Å². The molecule has 16 unspecified atom stereocenters. The Labute approximate surface area is 757 Å². The summed E-state index contributed by atoms with van der Waals surface area (Å²) in [6, 6.07) is 0. The van der Waals surface area contributed by atoms with Gasteiger partial charge in [-0.25, -0.2) is 0 Å². The van der Waals surface area contributed by atoms with E-state index in [4.69, 9.17) is 0 Å². The fourth-order valence-electron chi connectivity index (χ4n) is 36.9. The minimum atomic E-state index is 0.460. The standard InChI is InChI=1S/C120H213N/c1-77(2)78-24-26-79(27-25-78)87-56-88(80-28-42-107(43-29-80)114(3,4)5)61-95(60-87)99-68-100(96-62-89(81-30-44-108(45-31-81)115(6,7)8)57-90(63-96)82-32-46-109(47-33-82)116(9,10)11)71-103(70-99)105-74-106(76-121-75-105)104-72-101(97-64-91(83-34-48-110(49-35-83)117(12,13)14)58-92(65-97)84-36-50-111(51-37-84)118(15,16)17)69-102(73-104)98-66-93(85-38-52-112(53-39-85)119(18,19)20)59-94(67-98)86-40-54-113(55-41-86)120(21,22)23/h77-113,121H,24-76H2,1-23H3. The highest BCUT2D eigenvalue weighted by Gasteiger charge is 2.54. The summed E-state index contributed by atoms with van der Waals surface area (Å²) in [4.78, 5) is 0. The van der Waals surface area contributed by atoms with Gasteiger partial charge in [-0.1, -0.05) is 159 Å². The molecule has 0 amide bonds. The van der Waals surface area contributed by atoms with Gasteiger partial charge < -0.3 is 5.32 Å². The molecule has 1 heterocycles. The van der Waals surface area contributed by atoms with Crippen LogP contribution in [0, 0.1) is 257 Å². The van der Waals surface area contributed by atoms with E-state index in [0.29, 0.717) is 37.9 Å². The molecule has 698 valence electrons. The molecule has 15 rings (SSSR count). The molecule has 0 aromatic heterocycles. The zero-order chi connectivity index (χ0) is 86.0. The maximum atomic E-state index is 4.67. The highest BCUT2D eigenvalue weighted by molar-refractivity contribution is 5.05. The van der Waals surface area contributed by atoms with Gasteiger partial charge in [-0.05, 0) is 597 Å². The number of hydrogen-bond donors (Lipinski definition) is 1. The molecular weight excluding hydrogens is 1460 g/mol. The lowest BCUT2D eigenvalue weighted by atomic mass is 9.52. The van der Waals surface area contributed by atoms with Gasteiger partial charge in [0, 0.05) is 0 Å². The molecule has 15 fully saturated rings. The normalized spacial score (nSPS) is 46.4. The summed E-state index contributed by atoms with van der Waals surface area (Å²) in [5.41, 5.74) is 3.22. The number of hydrogen-bond acceptors (Lipinski definition) is 1. The van der Waals surface area contributed by atoms with Crippen LogP contribution in [0.2, 0.25) is 0 Å². The van der Waals surface area contributed by atoms with Crippen LogP contribution in [0.3, 0.4) is 0 Å². The Morgan fingerprint density at radius 2 is 0.248 bits per heavy atom. The first-order chi connectivity index (χ1) is 57.1. The molecule has 1 saturated heterocycles. The molecule has 1 aliphatic heterocycles. The van der Waals surface area contributed by atoms with Gasteiger partial charge in [0.25, 0.3) is 0 Å². The molecule has 1 N–H and O–H groups in total. The van der Waals surface area contributed by atoms with Crippen molar-refractivity contribution >= 4 is 0 Å². The Hall–Kier alpha value is -0.0400. The third kappa shape index (κ3) is 24.0. The lowest BCUT2D eigenvalue weighted by Crippen LogP contribution is -2.48. The minimum absolute atomic E-state index is 0.460. The van der Waals surface area contributed by atoms with Crippen LogP contribution in [-0.2, 0) is 0 Å². The van der Waals surface area contributed by atoms with Gasteiger partial charge in [-0.2, -0.15) is 0 Å². The second-order valence-electron chi connectivity index (χ2n) is 59.1. The smallest absolute Gasteiger partial charge is 0.00176 e. The van der Waals surface area contributed by atoms with Gasteiger partial charge in [0.2, 0.25) is 0 Å². The van der Waals surface area contributed by atoms with E-state index in [9.17, 15) is 0 Å². The van der Waals surface area contributed by atoms with Crippen LogP contribution in [0.5, 0.6) is 0 Å². The van der Waals surface area contributed by atoms with E-state index in [2.05, 4.69) is 165 Å². The molecule has 0 bridgehead atoms. The Balaban J connectivity index is 0.760. The molecule has 14 aliphatic carbocycles. The quantitative estimate of drug-likeness (QED) is 0.172. The van der Waals surface area contributed by atoms with Crippen molar-refractivity contribution < 1.29 is 0 Å². The van der Waals surface area contributed by atoms with Crippen molar-refractivity contribution in [3.63, 3.8) is 0 Å². The monoisotopic (exact) mass is 1670 g/mol. The third-order valence-electron chi connectivity index (χ3n) is 45.4. The van der Waals surface area contributed by atoms with E-state index in [1.807, 2.05) is 0 Å². The van der Waals surface area contributed by atoms with E-state index in [-0.39, 0.29) is 0 Å². The van der Waals surface area contributed by atoms with Crippen molar-refractivity contribution in [3.05, 3.63) is 0 Å². The maximum absolute atomic E-state index is 4.67. The van der Waals surface area contributed by atoms with E-state index in [1.54, 1.807) is 225 Å². The van der Waals surface area contributed by atoms with Crippen molar-refractivity contribution in [2.75, 3.05) is 13.1 Å². The number of nitrogens with one attached hydrogen (secondary N) is 1. The van der Waals surface area contributed by atoms with Crippen molar-refractivity contribution in [1.29, 1.82) is 0 Å². The summed E-state index contributed by atoms with van der Waals surface area (Å²) in [6.07, 6.45) is 80.0. The highest BCUT2D eigenvalue weighted by Crippen LogP contribution is 2.64.